The molecule has 0 aromatic heterocycles. The van der Waals surface area contributed by atoms with E-state index in [-0.39, 0.29) is 5.91 Å². The summed E-state index contributed by atoms with van der Waals surface area (Å²) in [5.41, 5.74) is 7.08. The van der Waals surface area contributed by atoms with E-state index in [1.165, 1.54) is 25.7 Å². The van der Waals surface area contributed by atoms with Gasteiger partial charge in [0.2, 0.25) is 5.91 Å². The molecule has 4 atom stereocenters. The molecule has 2 bridgehead atoms. The van der Waals surface area contributed by atoms with Crippen LogP contribution in [0, 0.1) is 11.8 Å². The van der Waals surface area contributed by atoms with Gasteiger partial charge in [-0.3, -0.25) is 9.69 Å². The van der Waals surface area contributed by atoms with Crippen molar-refractivity contribution < 1.29 is 4.79 Å². The zero-order chi connectivity index (χ0) is 15.8. The maximum atomic E-state index is 12.6. The number of hydrogen-bond acceptors (Lipinski definition) is 3. The Kier molecular flexibility index (Phi) is 4.12. The van der Waals surface area contributed by atoms with Gasteiger partial charge in [-0.1, -0.05) is 36.8 Å². The van der Waals surface area contributed by atoms with Crippen molar-refractivity contribution in [2.24, 2.45) is 17.6 Å². The van der Waals surface area contributed by atoms with Gasteiger partial charge in [0.15, 0.2) is 0 Å². The highest BCUT2D eigenvalue weighted by atomic mass is 16.2. The van der Waals surface area contributed by atoms with E-state index in [9.17, 15) is 4.79 Å². The monoisotopic (exact) mass is 313 g/mol. The summed E-state index contributed by atoms with van der Waals surface area (Å²) in [7, 11) is 0. The van der Waals surface area contributed by atoms with Crippen molar-refractivity contribution in [2.45, 2.75) is 37.8 Å². The standard InChI is InChI=1S/C19H27N3O/c20-18(15-4-2-1-3-5-15)19(23)22-10-8-21(9-11-22)17-13-14-6-7-16(17)12-14/h1-5,14,16-18H,6-13,20H2. The molecular weight excluding hydrogens is 286 g/mol. The second-order valence-corrected chi connectivity index (χ2v) is 7.49. The van der Waals surface area contributed by atoms with E-state index in [4.69, 9.17) is 5.73 Å². The number of carbonyl (C=O) groups excluding carboxylic acids is 1. The second kappa shape index (κ2) is 6.25. The van der Waals surface area contributed by atoms with Crippen LogP contribution in [0.25, 0.3) is 0 Å². The zero-order valence-corrected chi connectivity index (χ0v) is 13.7. The molecule has 1 amide bonds. The quantitative estimate of drug-likeness (QED) is 0.929. The van der Waals surface area contributed by atoms with Crippen LogP contribution < -0.4 is 5.73 Å². The highest BCUT2D eigenvalue weighted by molar-refractivity contribution is 5.83. The molecule has 0 radical (unpaired) electrons. The largest absolute Gasteiger partial charge is 0.338 e. The minimum absolute atomic E-state index is 0.0730. The molecule has 23 heavy (non-hydrogen) atoms. The van der Waals surface area contributed by atoms with E-state index < -0.39 is 6.04 Å². The van der Waals surface area contributed by atoms with E-state index in [2.05, 4.69) is 4.90 Å². The van der Waals surface area contributed by atoms with Gasteiger partial charge in [0.05, 0.1) is 0 Å². The molecule has 4 heteroatoms. The van der Waals surface area contributed by atoms with Crippen molar-refractivity contribution in [2.75, 3.05) is 26.2 Å². The van der Waals surface area contributed by atoms with Crippen LogP contribution in [-0.2, 0) is 4.79 Å². The fourth-order valence-corrected chi connectivity index (χ4v) is 4.93. The van der Waals surface area contributed by atoms with Crippen molar-refractivity contribution in [3.63, 3.8) is 0 Å². The predicted molar refractivity (Wildman–Crippen MR) is 90.8 cm³/mol. The van der Waals surface area contributed by atoms with Crippen molar-refractivity contribution in [3.8, 4) is 0 Å². The molecule has 4 nitrogen and oxygen atoms in total. The topological polar surface area (TPSA) is 49.6 Å². The van der Waals surface area contributed by atoms with E-state index >= 15 is 0 Å². The molecule has 3 fully saturated rings. The van der Waals surface area contributed by atoms with Gasteiger partial charge < -0.3 is 10.6 Å². The first-order valence-corrected chi connectivity index (χ1v) is 9.06. The average Bonchev–Trinajstić information content (AvgIpc) is 3.25. The SMILES string of the molecule is NC(C(=O)N1CCN(C2CC3CCC2C3)CC1)c1ccccc1. The third-order valence-electron chi connectivity index (χ3n) is 6.22. The van der Waals surface area contributed by atoms with Gasteiger partial charge in [0.25, 0.3) is 0 Å². The molecule has 2 saturated carbocycles. The predicted octanol–water partition coefficient (Wildman–Crippen LogP) is 2.02. The fourth-order valence-electron chi connectivity index (χ4n) is 4.93. The molecule has 1 aliphatic heterocycles. The fraction of sp³-hybridized carbons (Fsp3) is 0.632. The van der Waals surface area contributed by atoms with Gasteiger partial charge in [-0.15, -0.1) is 0 Å². The Balaban J connectivity index is 1.33. The van der Waals surface area contributed by atoms with Crippen LogP contribution in [0.3, 0.4) is 0 Å². The van der Waals surface area contributed by atoms with Crippen molar-refractivity contribution >= 4 is 5.91 Å². The third-order valence-corrected chi connectivity index (χ3v) is 6.22. The van der Waals surface area contributed by atoms with Crippen LogP contribution in [-0.4, -0.2) is 47.9 Å². The van der Waals surface area contributed by atoms with Gasteiger partial charge in [0.1, 0.15) is 6.04 Å². The second-order valence-electron chi connectivity index (χ2n) is 7.49. The van der Waals surface area contributed by atoms with E-state index in [1.54, 1.807) is 0 Å². The van der Waals surface area contributed by atoms with Crippen LogP contribution in [0.2, 0.25) is 0 Å². The number of nitrogens with two attached hydrogens (primary N) is 1. The lowest BCUT2D eigenvalue weighted by molar-refractivity contribution is -0.135. The molecule has 1 aromatic carbocycles. The van der Waals surface area contributed by atoms with Crippen LogP contribution in [0.15, 0.2) is 30.3 Å². The molecule has 1 heterocycles. The van der Waals surface area contributed by atoms with Gasteiger partial charge in [-0.25, -0.2) is 0 Å². The van der Waals surface area contributed by atoms with Crippen LogP contribution in [0.4, 0.5) is 0 Å². The van der Waals surface area contributed by atoms with Gasteiger partial charge >= 0.3 is 0 Å². The van der Waals surface area contributed by atoms with Crippen LogP contribution >= 0.6 is 0 Å². The summed E-state index contributed by atoms with van der Waals surface area (Å²) < 4.78 is 0. The van der Waals surface area contributed by atoms with Gasteiger partial charge in [-0.05, 0) is 36.7 Å². The van der Waals surface area contributed by atoms with Crippen molar-refractivity contribution in [1.29, 1.82) is 0 Å². The maximum absolute atomic E-state index is 12.6. The molecule has 4 unspecified atom stereocenters. The van der Waals surface area contributed by atoms with Crippen LogP contribution in [0.5, 0.6) is 0 Å². The van der Waals surface area contributed by atoms with Crippen LogP contribution in [0.1, 0.15) is 37.3 Å². The molecular formula is C19H27N3O. The van der Waals surface area contributed by atoms with E-state index in [0.29, 0.717) is 0 Å². The lowest BCUT2D eigenvalue weighted by atomic mass is 9.93. The molecule has 3 aliphatic rings. The number of carbonyl (C=O) groups is 1. The number of nitrogens with zero attached hydrogens (tertiary/aromatic N) is 2. The summed E-state index contributed by atoms with van der Waals surface area (Å²) in [5, 5.41) is 0. The Morgan fingerprint density at radius 3 is 2.39 bits per heavy atom. The molecule has 4 rings (SSSR count). The van der Waals surface area contributed by atoms with E-state index in [1.807, 2.05) is 35.2 Å². The lowest BCUT2D eigenvalue weighted by Gasteiger charge is -2.41. The first kappa shape index (κ1) is 15.2. The maximum Gasteiger partial charge on any atom is 0.244 e. The summed E-state index contributed by atoms with van der Waals surface area (Å²) in [6.07, 6.45) is 5.71. The number of fused-ring (bicyclic) bond motifs is 2. The summed E-state index contributed by atoms with van der Waals surface area (Å²) in [6.45, 7) is 3.68. The first-order valence-electron chi connectivity index (χ1n) is 9.06. The number of hydrogen-bond donors (Lipinski definition) is 1. The molecule has 1 aromatic rings. The Labute approximate surface area is 138 Å². The van der Waals surface area contributed by atoms with E-state index in [0.717, 1.165) is 49.6 Å². The highest BCUT2D eigenvalue weighted by Crippen LogP contribution is 2.46. The number of piperazine rings is 1. The number of benzene rings is 1. The summed E-state index contributed by atoms with van der Waals surface area (Å²) in [4.78, 5) is 17.2. The molecule has 2 aliphatic carbocycles. The normalized spacial score (nSPS) is 32.2. The Morgan fingerprint density at radius 1 is 1.04 bits per heavy atom. The highest BCUT2D eigenvalue weighted by Gasteiger charge is 2.43. The van der Waals surface area contributed by atoms with Gasteiger partial charge in [0, 0.05) is 32.2 Å². The molecule has 0 spiro atoms. The summed E-state index contributed by atoms with van der Waals surface area (Å²) in [5.74, 6) is 1.98. The minimum Gasteiger partial charge on any atom is -0.338 e. The smallest absolute Gasteiger partial charge is 0.244 e. The minimum atomic E-state index is -0.523. The molecule has 2 N–H and O–H groups in total. The first-order chi connectivity index (χ1) is 11.2. The third kappa shape index (κ3) is 2.90. The van der Waals surface area contributed by atoms with Crippen molar-refractivity contribution in [3.05, 3.63) is 35.9 Å². The number of amides is 1. The number of rotatable bonds is 3. The molecule has 124 valence electrons. The van der Waals surface area contributed by atoms with Crippen molar-refractivity contribution in [1.82, 2.24) is 9.80 Å². The summed E-state index contributed by atoms with van der Waals surface area (Å²) >= 11 is 0. The average molecular weight is 313 g/mol. The van der Waals surface area contributed by atoms with Gasteiger partial charge in [-0.2, -0.15) is 0 Å². The Hall–Kier alpha value is -1.39. The zero-order valence-electron chi connectivity index (χ0n) is 13.7. The Morgan fingerprint density at radius 2 is 1.78 bits per heavy atom. The Bertz CT molecular complexity index is 553. The lowest BCUT2D eigenvalue weighted by Crippen LogP contribution is -2.54. The molecule has 1 saturated heterocycles. The summed E-state index contributed by atoms with van der Waals surface area (Å²) in [6, 6.07) is 9.97.